The maximum Gasteiger partial charge on any atom is 0.426 e. The third-order valence-corrected chi connectivity index (χ3v) is 6.10. The minimum absolute atomic E-state index is 0.0131. The van der Waals surface area contributed by atoms with Crippen molar-refractivity contribution >= 4 is 29.3 Å². The van der Waals surface area contributed by atoms with Crippen LogP contribution in [-0.4, -0.2) is 56.0 Å². The summed E-state index contributed by atoms with van der Waals surface area (Å²) in [6.07, 6.45) is -0.852. The highest BCUT2D eigenvalue weighted by Crippen LogP contribution is 2.37. The van der Waals surface area contributed by atoms with Gasteiger partial charge in [0.2, 0.25) is 0 Å². The lowest BCUT2D eigenvalue weighted by Crippen LogP contribution is -2.44. The van der Waals surface area contributed by atoms with Crippen LogP contribution >= 0.6 is 11.3 Å². The van der Waals surface area contributed by atoms with Crippen molar-refractivity contribution in [3.8, 4) is 39.1 Å². The van der Waals surface area contributed by atoms with Gasteiger partial charge in [-0.25, -0.2) is 20.0 Å². The number of nitrogens with one attached hydrogen (secondary N) is 2. The number of hydrazine groups is 1. The number of thiazole rings is 1. The summed E-state index contributed by atoms with van der Waals surface area (Å²) >= 11 is 1.38. The van der Waals surface area contributed by atoms with E-state index in [1.54, 1.807) is 26.2 Å². The molecule has 0 unspecified atom stereocenters. The fourth-order valence-electron chi connectivity index (χ4n) is 3.63. The molecule has 2 N–H and O–H groups in total. The lowest BCUT2D eigenvalue weighted by Gasteiger charge is -2.20. The van der Waals surface area contributed by atoms with Crippen LogP contribution in [0.25, 0.3) is 21.8 Å². The van der Waals surface area contributed by atoms with Crippen molar-refractivity contribution in [2.24, 2.45) is 0 Å². The van der Waals surface area contributed by atoms with Gasteiger partial charge < -0.3 is 23.7 Å². The first-order valence-electron chi connectivity index (χ1n) is 12.5. The van der Waals surface area contributed by atoms with E-state index in [1.165, 1.54) is 37.7 Å². The standard InChI is InChI=1S/C28H33N3O8S/c1-8-37-21-11-10-16(14-22(21)38-9-2)25-29-20(15-40-25)17-12-18(23(35-6)19(13-17)26(33)36-7)24(32)30-31-27(34)39-28(3,4)5/h10-15H,8-9H2,1-7H3,(H,30,32)(H,31,34). The van der Waals surface area contributed by atoms with Gasteiger partial charge in [-0.3, -0.25) is 10.2 Å². The predicted molar refractivity (Wildman–Crippen MR) is 150 cm³/mol. The Morgan fingerprint density at radius 3 is 2.20 bits per heavy atom. The van der Waals surface area contributed by atoms with Gasteiger partial charge in [0, 0.05) is 16.5 Å². The van der Waals surface area contributed by atoms with Crippen LogP contribution in [0, 0.1) is 0 Å². The van der Waals surface area contributed by atoms with Gasteiger partial charge in [-0.05, 0) is 65.0 Å². The van der Waals surface area contributed by atoms with Crippen molar-refractivity contribution in [2.45, 2.75) is 40.2 Å². The Bertz CT molecular complexity index is 1380. The number of amides is 2. The van der Waals surface area contributed by atoms with Crippen LogP contribution in [0.2, 0.25) is 0 Å². The number of hydrogen-bond donors (Lipinski definition) is 2. The molecule has 2 aromatic carbocycles. The summed E-state index contributed by atoms with van der Waals surface area (Å²) in [6.45, 7) is 9.84. The summed E-state index contributed by atoms with van der Waals surface area (Å²) in [5.74, 6) is -0.234. The second-order valence-corrected chi connectivity index (χ2v) is 10.1. The zero-order chi connectivity index (χ0) is 29.4. The molecule has 12 heteroatoms. The van der Waals surface area contributed by atoms with Crippen LogP contribution in [0.15, 0.2) is 35.7 Å². The normalized spacial score (nSPS) is 10.9. The Balaban J connectivity index is 2.00. The van der Waals surface area contributed by atoms with Gasteiger partial charge in [0.25, 0.3) is 5.91 Å². The Hall–Kier alpha value is -4.32. The topological polar surface area (TPSA) is 134 Å². The number of carbonyl (C=O) groups excluding carboxylic acids is 3. The SMILES string of the molecule is CCOc1ccc(-c2nc(-c3cc(C(=O)NNC(=O)OC(C)(C)C)c(OC)c(C(=O)OC)c3)cs2)cc1OCC. The molecule has 0 radical (unpaired) electrons. The molecule has 1 heterocycles. The summed E-state index contributed by atoms with van der Waals surface area (Å²) in [5, 5.41) is 2.49. The molecule has 1 aromatic heterocycles. The summed E-state index contributed by atoms with van der Waals surface area (Å²) in [4.78, 5) is 42.5. The van der Waals surface area contributed by atoms with Crippen LogP contribution in [0.4, 0.5) is 4.79 Å². The molecule has 0 bridgehead atoms. The van der Waals surface area contributed by atoms with E-state index in [0.29, 0.717) is 41.0 Å². The molecule has 40 heavy (non-hydrogen) atoms. The summed E-state index contributed by atoms with van der Waals surface area (Å²) in [7, 11) is 2.55. The Kier molecular flexibility index (Phi) is 9.94. The highest BCUT2D eigenvalue weighted by atomic mass is 32.1. The van der Waals surface area contributed by atoms with E-state index >= 15 is 0 Å². The second kappa shape index (κ2) is 13.2. The van der Waals surface area contributed by atoms with E-state index in [9.17, 15) is 14.4 Å². The van der Waals surface area contributed by atoms with Crippen LogP contribution in [0.5, 0.6) is 17.2 Å². The second-order valence-electron chi connectivity index (χ2n) is 9.24. The molecule has 0 saturated heterocycles. The zero-order valence-electron chi connectivity index (χ0n) is 23.5. The lowest BCUT2D eigenvalue weighted by atomic mass is 10.0. The molecule has 3 aromatic rings. The van der Waals surface area contributed by atoms with E-state index in [2.05, 4.69) is 10.9 Å². The summed E-state index contributed by atoms with van der Waals surface area (Å²) in [6, 6.07) is 8.61. The fourth-order valence-corrected chi connectivity index (χ4v) is 4.45. The number of ether oxygens (including phenoxy) is 5. The Labute approximate surface area is 236 Å². The lowest BCUT2D eigenvalue weighted by molar-refractivity contribution is 0.0482. The molecule has 0 saturated carbocycles. The van der Waals surface area contributed by atoms with Crippen molar-refractivity contribution in [2.75, 3.05) is 27.4 Å². The summed E-state index contributed by atoms with van der Waals surface area (Å²) in [5.41, 5.74) is 5.49. The van der Waals surface area contributed by atoms with Crippen molar-refractivity contribution < 1.29 is 38.1 Å². The number of rotatable bonds is 9. The molecule has 214 valence electrons. The third-order valence-electron chi connectivity index (χ3n) is 5.21. The number of hydrogen-bond acceptors (Lipinski definition) is 10. The first-order valence-corrected chi connectivity index (χ1v) is 13.3. The molecule has 0 fully saturated rings. The molecule has 0 atom stereocenters. The molecular formula is C28H33N3O8S. The Morgan fingerprint density at radius 2 is 1.57 bits per heavy atom. The number of esters is 1. The zero-order valence-corrected chi connectivity index (χ0v) is 24.3. The molecule has 0 aliphatic heterocycles. The van der Waals surface area contributed by atoms with E-state index in [0.717, 1.165) is 5.56 Å². The molecule has 2 amide bonds. The van der Waals surface area contributed by atoms with Gasteiger partial charge in [0.1, 0.15) is 21.9 Å². The molecule has 0 aliphatic carbocycles. The fraction of sp³-hybridized carbons (Fsp3) is 0.357. The molecule has 3 rings (SSSR count). The van der Waals surface area contributed by atoms with Gasteiger partial charge in [0.05, 0.1) is 38.7 Å². The van der Waals surface area contributed by atoms with Gasteiger partial charge >= 0.3 is 12.1 Å². The molecule has 11 nitrogen and oxygen atoms in total. The summed E-state index contributed by atoms with van der Waals surface area (Å²) < 4.78 is 26.8. The molecular weight excluding hydrogens is 538 g/mol. The number of nitrogens with zero attached hydrogens (tertiary/aromatic N) is 1. The van der Waals surface area contributed by atoms with Crippen LogP contribution in [-0.2, 0) is 9.47 Å². The van der Waals surface area contributed by atoms with Crippen molar-refractivity contribution in [1.82, 2.24) is 15.8 Å². The van der Waals surface area contributed by atoms with Gasteiger partial charge in [-0.1, -0.05) is 0 Å². The third kappa shape index (κ3) is 7.41. The van der Waals surface area contributed by atoms with Crippen molar-refractivity contribution in [3.63, 3.8) is 0 Å². The van der Waals surface area contributed by atoms with Crippen LogP contribution in [0.1, 0.15) is 55.3 Å². The van der Waals surface area contributed by atoms with E-state index in [4.69, 9.17) is 28.7 Å². The minimum Gasteiger partial charge on any atom is -0.495 e. The Morgan fingerprint density at radius 1 is 0.900 bits per heavy atom. The van der Waals surface area contributed by atoms with E-state index < -0.39 is 23.6 Å². The van der Waals surface area contributed by atoms with E-state index in [1.807, 2.05) is 32.0 Å². The van der Waals surface area contributed by atoms with Gasteiger partial charge in [0.15, 0.2) is 11.5 Å². The maximum absolute atomic E-state index is 13.1. The number of methoxy groups -OCH3 is 2. The van der Waals surface area contributed by atoms with Crippen LogP contribution < -0.4 is 25.1 Å². The highest BCUT2D eigenvalue weighted by Gasteiger charge is 2.25. The average molecular weight is 572 g/mol. The monoisotopic (exact) mass is 571 g/mol. The van der Waals surface area contributed by atoms with Crippen LogP contribution in [0.3, 0.4) is 0 Å². The van der Waals surface area contributed by atoms with E-state index in [-0.39, 0.29) is 16.9 Å². The average Bonchev–Trinajstić information content (AvgIpc) is 3.41. The largest absolute Gasteiger partial charge is 0.495 e. The first-order chi connectivity index (χ1) is 19.0. The van der Waals surface area contributed by atoms with Gasteiger partial charge in [-0.15, -0.1) is 11.3 Å². The van der Waals surface area contributed by atoms with Gasteiger partial charge in [-0.2, -0.15) is 0 Å². The van der Waals surface area contributed by atoms with Crippen molar-refractivity contribution in [1.29, 1.82) is 0 Å². The predicted octanol–water partition coefficient (Wildman–Crippen LogP) is 5.24. The first kappa shape index (κ1) is 30.2. The smallest absolute Gasteiger partial charge is 0.426 e. The highest BCUT2D eigenvalue weighted by molar-refractivity contribution is 7.13. The quantitative estimate of drug-likeness (QED) is 0.261. The van der Waals surface area contributed by atoms with Crippen molar-refractivity contribution in [3.05, 3.63) is 46.8 Å². The maximum atomic E-state index is 13.1. The molecule has 0 spiro atoms. The molecule has 0 aliphatic rings. The number of aromatic nitrogens is 1. The minimum atomic E-state index is -0.852. The number of benzene rings is 2. The number of carbonyl (C=O) groups is 3.